The molecule has 2 aliphatic rings. The van der Waals surface area contributed by atoms with Crippen molar-refractivity contribution in [3.8, 4) is 5.75 Å². The van der Waals surface area contributed by atoms with Crippen LogP contribution in [0.25, 0.3) is 0 Å². The minimum Gasteiger partial charge on any atom is -0.497 e. The first kappa shape index (κ1) is 23.1. The number of amides is 1. The van der Waals surface area contributed by atoms with Crippen molar-refractivity contribution in [1.29, 1.82) is 0 Å². The molecule has 6 nitrogen and oxygen atoms in total. The van der Waals surface area contributed by atoms with E-state index in [1.165, 1.54) is 25.3 Å². The predicted octanol–water partition coefficient (Wildman–Crippen LogP) is 3.59. The SMILES string of the molecule is COC(=O)c1cc(OC)cc(C(=O)N2C[C@@H]3CN(C)[C@H](c4ccccc4C)[C@@H]3C2)c1.Cl. The molecule has 31 heavy (non-hydrogen) atoms. The molecular formula is C24H29ClN2O4. The van der Waals surface area contributed by atoms with Crippen molar-refractivity contribution in [3.63, 3.8) is 0 Å². The minimum atomic E-state index is -0.484. The minimum absolute atomic E-state index is 0. The first-order valence-corrected chi connectivity index (χ1v) is 10.3. The number of carbonyl (C=O) groups is 2. The maximum Gasteiger partial charge on any atom is 0.338 e. The highest BCUT2D eigenvalue weighted by Crippen LogP contribution is 2.45. The van der Waals surface area contributed by atoms with Crippen LogP contribution in [0.15, 0.2) is 42.5 Å². The number of aryl methyl sites for hydroxylation is 1. The van der Waals surface area contributed by atoms with Crippen molar-refractivity contribution >= 4 is 24.3 Å². The second kappa shape index (κ2) is 9.28. The summed E-state index contributed by atoms with van der Waals surface area (Å²) in [6, 6.07) is 13.7. The van der Waals surface area contributed by atoms with Crippen LogP contribution in [0.3, 0.4) is 0 Å². The van der Waals surface area contributed by atoms with Crippen molar-refractivity contribution in [3.05, 3.63) is 64.7 Å². The van der Waals surface area contributed by atoms with E-state index in [1.807, 2.05) is 4.90 Å². The molecule has 0 aliphatic carbocycles. The van der Waals surface area contributed by atoms with E-state index >= 15 is 0 Å². The highest BCUT2D eigenvalue weighted by molar-refractivity contribution is 5.98. The van der Waals surface area contributed by atoms with Gasteiger partial charge >= 0.3 is 5.97 Å². The Morgan fingerprint density at radius 3 is 2.39 bits per heavy atom. The number of likely N-dealkylation sites (tertiary alicyclic amines) is 2. The van der Waals surface area contributed by atoms with Crippen LogP contribution in [0.5, 0.6) is 5.75 Å². The third-order valence-electron chi connectivity index (χ3n) is 6.50. The van der Waals surface area contributed by atoms with Gasteiger partial charge in [0.2, 0.25) is 0 Å². The number of nitrogens with zero attached hydrogens (tertiary/aromatic N) is 2. The third kappa shape index (κ3) is 4.27. The molecule has 0 bridgehead atoms. The monoisotopic (exact) mass is 444 g/mol. The third-order valence-corrected chi connectivity index (χ3v) is 6.50. The van der Waals surface area contributed by atoms with Gasteiger partial charge in [0.1, 0.15) is 5.75 Å². The van der Waals surface area contributed by atoms with E-state index < -0.39 is 5.97 Å². The van der Waals surface area contributed by atoms with Gasteiger partial charge in [-0.05, 0) is 49.2 Å². The number of halogens is 1. The van der Waals surface area contributed by atoms with Gasteiger partial charge < -0.3 is 14.4 Å². The molecule has 0 aromatic heterocycles. The lowest BCUT2D eigenvalue weighted by molar-refractivity contribution is 0.0600. The van der Waals surface area contributed by atoms with Gasteiger partial charge in [-0.3, -0.25) is 9.69 Å². The summed E-state index contributed by atoms with van der Waals surface area (Å²) in [5.41, 5.74) is 3.40. The zero-order valence-corrected chi connectivity index (χ0v) is 19.1. The van der Waals surface area contributed by atoms with E-state index in [0.29, 0.717) is 41.3 Å². The fraction of sp³-hybridized carbons (Fsp3) is 0.417. The summed E-state index contributed by atoms with van der Waals surface area (Å²) in [6.45, 7) is 4.55. The van der Waals surface area contributed by atoms with Gasteiger partial charge in [0.15, 0.2) is 0 Å². The molecule has 2 saturated heterocycles. The molecule has 2 fully saturated rings. The van der Waals surface area contributed by atoms with Gasteiger partial charge in [0.25, 0.3) is 5.91 Å². The molecule has 0 N–H and O–H groups in total. The molecule has 0 radical (unpaired) electrons. The van der Waals surface area contributed by atoms with Crippen molar-refractivity contribution in [2.45, 2.75) is 13.0 Å². The average molecular weight is 445 g/mol. The first-order valence-electron chi connectivity index (χ1n) is 10.3. The van der Waals surface area contributed by atoms with Crippen molar-refractivity contribution in [2.75, 3.05) is 40.9 Å². The molecule has 2 aromatic carbocycles. The maximum atomic E-state index is 13.3. The highest BCUT2D eigenvalue weighted by Gasteiger charge is 2.47. The number of hydrogen-bond donors (Lipinski definition) is 0. The number of esters is 1. The lowest BCUT2D eigenvalue weighted by atomic mass is 9.88. The van der Waals surface area contributed by atoms with Crippen LogP contribution in [-0.4, -0.2) is 62.6 Å². The molecule has 2 aromatic rings. The summed E-state index contributed by atoms with van der Waals surface area (Å²) in [4.78, 5) is 29.6. The fourth-order valence-corrected chi connectivity index (χ4v) is 5.07. The van der Waals surface area contributed by atoms with Crippen LogP contribution in [0.2, 0.25) is 0 Å². The maximum absolute atomic E-state index is 13.3. The van der Waals surface area contributed by atoms with Crippen LogP contribution in [-0.2, 0) is 4.74 Å². The second-order valence-corrected chi connectivity index (χ2v) is 8.32. The Balaban J connectivity index is 0.00000272. The topological polar surface area (TPSA) is 59.1 Å². The van der Waals surface area contributed by atoms with E-state index in [1.54, 1.807) is 18.2 Å². The quantitative estimate of drug-likeness (QED) is 0.674. The van der Waals surface area contributed by atoms with E-state index in [0.717, 1.165) is 13.1 Å². The summed E-state index contributed by atoms with van der Waals surface area (Å²) in [5.74, 6) is 0.750. The summed E-state index contributed by atoms with van der Waals surface area (Å²) < 4.78 is 10.1. The van der Waals surface area contributed by atoms with Crippen molar-refractivity contribution in [2.24, 2.45) is 11.8 Å². The van der Waals surface area contributed by atoms with E-state index in [4.69, 9.17) is 9.47 Å². The Morgan fingerprint density at radius 1 is 1.00 bits per heavy atom. The van der Waals surface area contributed by atoms with Crippen LogP contribution in [0.4, 0.5) is 0 Å². The molecule has 7 heteroatoms. The Labute approximate surface area is 189 Å². The largest absolute Gasteiger partial charge is 0.497 e. The van der Waals surface area contributed by atoms with E-state index in [9.17, 15) is 9.59 Å². The Kier molecular flexibility index (Phi) is 6.92. The van der Waals surface area contributed by atoms with Crippen LogP contribution in [0.1, 0.15) is 37.9 Å². The molecule has 2 heterocycles. The molecule has 0 unspecified atom stereocenters. The fourth-order valence-electron chi connectivity index (χ4n) is 5.07. The molecule has 166 valence electrons. The molecular weight excluding hydrogens is 416 g/mol. The van der Waals surface area contributed by atoms with E-state index in [-0.39, 0.29) is 18.3 Å². The second-order valence-electron chi connectivity index (χ2n) is 8.32. The van der Waals surface area contributed by atoms with E-state index in [2.05, 4.69) is 43.1 Å². The van der Waals surface area contributed by atoms with Gasteiger partial charge in [-0.15, -0.1) is 12.4 Å². The Hall–Kier alpha value is -2.57. The highest BCUT2D eigenvalue weighted by atomic mass is 35.5. The molecule has 3 atom stereocenters. The summed E-state index contributed by atoms with van der Waals surface area (Å²) in [6.07, 6.45) is 0. The standard InChI is InChI=1S/C24H28N2O4.ClH/c1-15-7-5-6-8-20(15)22-21-14-26(13-18(21)12-25(22)2)23(27)16-9-17(24(28)30-4)11-19(10-16)29-3;/h5-11,18,21-22H,12-14H2,1-4H3;1H/t18-,21+,22+;/m0./s1. The van der Waals surface area contributed by atoms with Crippen molar-refractivity contribution < 1.29 is 19.1 Å². The number of methoxy groups -OCH3 is 2. The molecule has 1 amide bonds. The Morgan fingerprint density at radius 2 is 1.71 bits per heavy atom. The Bertz CT molecular complexity index is 980. The smallest absolute Gasteiger partial charge is 0.338 e. The van der Waals surface area contributed by atoms with Gasteiger partial charge in [-0.25, -0.2) is 4.79 Å². The van der Waals surface area contributed by atoms with Crippen molar-refractivity contribution in [1.82, 2.24) is 9.80 Å². The lowest BCUT2D eigenvalue weighted by Gasteiger charge is -2.28. The number of hydrogen-bond acceptors (Lipinski definition) is 5. The summed E-state index contributed by atoms with van der Waals surface area (Å²) >= 11 is 0. The zero-order valence-electron chi connectivity index (χ0n) is 18.3. The molecule has 0 spiro atoms. The number of benzene rings is 2. The number of rotatable bonds is 4. The van der Waals surface area contributed by atoms with Gasteiger partial charge in [-0.1, -0.05) is 24.3 Å². The first-order chi connectivity index (χ1) is 14.4. The summed E-state index contributed by atoms with van der Waals surface area (Å²) in [5, 5.41) is 0. The van der Waals surface area contributed by atoms with Gasteiger partial charge in [-0.2, -0.15) is 0 Å². The number of fused-ring (bicyclic) bond motifs is 1. The zero-order chi connectivity index (χ0) is 21.4. The number of carbonyl (C=O) groups excluding carboxylic acids is 2. The average Bonchev–Trinajstić information content (AvgIpc) is 3.29. The lowest BCUT2D eigenvalue weighted by Crippen LogP contribution is -2.33. The molecule has 2 aliphatic heterocycles. The normalized spacial score (nSPS) is 22.6. The van der Waals surface area contributed by atoms with Crippen LogP contribution < -0.4 is 4.74 Å². The molecule has 4 rings (SSSR count). The van der Waals surface area contributed by atoms with Crippen LogP contribution in [0, 0.1) is 18.8 Å². The van der Waals surface area contributed by atoms with Gasteiger partial charge in [0, 0.05) is 37.2 Å². The molecule has 0 saturated carbocycles. The van der Waals surface area contributed by atoms with Gasteiger partial charge in [0.05, 0.1) is 19.8 Å². The predicted molar refractivity (Wildman–Crippen MR) is 121 cm³/mol. The number of ether oxygens (including phenoxy) is 2. The summed E-state index contributed by atoms with van der Waals surface area (Å²) in [7, 11) is 5.02. The van der Waals surface area contributed by atoms with Crippen LogP contribution >= 0.6 is 12.4 Å².